The van der Waals surface area contributed by atoms with E-state index >= 15 is 0 Å². The molecule has 2 aliphatic rings. The molecule has 0 aliphatic carbocycles. The number of amides is 1. The molecule has 0 radical (unpaired) electrons. The maximum Gasteiger partial charge on any atom is 0.313 e. The monoisotopic (exact) mass is 367 g/mol. The van der Waals surface area contributed by atoms with Crippen LogP contribution in [0, 0.1) is 0 Å². The minimum atomic E-state index is -0.288. The molecular formula is C21H21NO3S. The topological polar surface area (TPSA) is 46.6 Å². The van der Waals surface area contributed by atoms with Crippen LogP contribution in [0.25, 0.3) is 0 Å². The maximum atomic E-state index is 13.2. The predicted octanol–water partition coefficient (Wildman–Crippen LogP) is 3.79. The van der Waals surface area contributed by atoms with Crippen LogP contribution < -0.4 is 4.90 Å². The fourth-order valence-corrected chi connectivity index (χ4v) is 5.03. The SMILES string of the molecule is CCOC(=O)[C@@H]1CCN(C(=O)[C@@H]2Cc3ccccc3S2)c2ccccc21. The summed E-state index contributed by atoms with van der Waals surface area (Å²) in [6.07, 6.45) is 1.37. The second kappa shape index (κ2) is 7.16. The van der Waals surface area contributed by atoms with Gasteiger partial charge in [-0.25, -0.2) is 0 Å². The fourth-order valence-electron chi connectivity index (χ4n) is 3.77. The van der Waals surface area contributed by atoms with Crippen LogP contribution in [0.4, 0.5) is 5.69 Å². The number of benzene rings is 2. The Hall–Kier alpha value is -2.27. The predicted molar refractivity (Wildman–Crippen MR) is 103 cm³/mol. The van der Waals surface area contributed by atoms with Crippen LogP contribution in [-0.4, -0.2) is 30.3 Å². The number of carbonyl (C=O) groups is 2. The van der Waals surface area contributed by atoms with Crippen molar-refractivity contribution >= 4 is 29.3 Å². The summed E-state index contributed by atoms with van der Waals surface area (Å²) < 4.78 is 5.23. The molecule has 0 saturated heterocycles. The van der Waals surface area contributed by atoms with E-state index in [1.807, 2.05) is 48.2 Å². The average Bonchev–Trinajstić information content (AvgIpc) is 3.11. The number of hydrogen-bond acceptors (Lipinski definition) is 4. The summed E-state index contributed by atoms with van der Waals surface area (Å²) in [4.78, 5) is 28.6. The molecule has 0 aromatic heterocycles. The Kier molecular flexibility index (Phi) is 4.72. The number of ether oxygens (including phenoxy) is 1. The number of carbonyl (C=O) groups excluding carboxylic acids is 2. The van der Waals surface area contributed by atoms with Crippen molar-refractivity contribution in [2.24, 2.45) is 0 Å². The van der Waals surface area contributed by atoms with Crippen LogP contribution in [0.15, 0.2) is 53.4 Å². The zero-order valence-corrected chi connectivity index (χ0v) is 15.5. The number of anilines is 1. The molecule has 4 rings (SSSR count). The van der Waals surface area contributed by atoms with Crippen molar-refractivity contribution in [3.63, 3.8) is 0 Å². The second-order valence-corrected chi connectivity index (χ2v) is 7.80. The van der Waals surface area contributed by atoms with Crippen LogP contribution >= 0.6 is 11.8 Å². The Morgan fingerprint density at radius 1 is 1.15 bits per heavy atom. The van der Waals surface area contributed by atoms with Crippen molar-refractivity contribution in [1.29, 1.82) is 0 Å². The summed E-state index contributed by atoms with van der Waals surface area (Å²) >= 11 is 1.64. The van der Waals surface area contributed by atoms with Gasteiger partial charge in [-0.15, -0.1) is 11.8 Å². The van der Waals surface area contributed by atoms with Gasteiger partial charge in [0.15, 0.2) is 0 Å². The van der Waals surface area contributed by atoms with Crippen molar-refractivity contribution in [3.8, 4) is 0 Å². The van der Waals surface area contributed by atoms with Gasteiger partial charge in [0.2, 0.25) is 5.91 Å². The third-order valence-corrected chi connectivity index (χ3v) is 6.31. The van der Waals surface area contributed by atoms with Crippen molar-refractivity contribution in [1.82, 2.24) is 0 Å². The quantitative estimate of drug-likeness (QED) is 0.775. The Morgan fingerprint density at radius 3 is 2.73 bits per heavy atom. The zero-order valence-electron chi connectivity index (χ0n) is 14.7. The molecule has 0 bridgehead atoms. The van der Waals surface area contributed by atoms with E-state index in [-0.39, 0.29) is 23.0 Å². The van der Waals surface area contributed by atoms with Crippen LogP contribution in [0.2, 0.25) is 0 Å². The molecule has 4 nitrogen and oxygen atoms in total. The van der Waals surface area contributed by atoms with Crippen LogP contribution in [0.3, 0.4) is 0 Å². The van der Waals surface area contributed by atoms with E-state index in [2.05, 4.69) is 12.1 Å². The van der Waals surface area contributed by atoms with Gasteiger partial charge in [0.25, 0.3) is 0 Å². The van der Waals surface area contributed by atoms with E-state index in [1.165, 1.54) is 10.5 Å². The van der Waals surface area contributed by atoms with E-state index < -0.39 is 0 Å². The number of rotatable bonds is 3. The summed E-state index contributed by atoms with van der Waals surface area (Å²) in [5, 5.41) is -0.0976. The molecule has 134 valence electrons. The highest BCUT2D eigenvalue weighted by atomic mass is 32.2. The molecule has 5 heteroatoms. The smallest absolute Gasteiger partial charge is 0.313 e. The largest absolute Gasteiger partial charge is 0.466 e. The molecular weight excluding hydrogens is 346 g/mol. The molecule has 2 aromatic carbocycles. The van der Waals surface area contributed by atoms with Gasteiger partial charge in [-0.2, -0.15) is 0 Å². The lowest BCUT2D eigenvalue weighted by Crippen LogP contribution is -2.42. The molecule has 1 amide bonds. The first-order chi connectivity index (χ1) is 12.7. The number of hydrogen-bond donors (Lipinski definition) is 0. The molecule has 26 heavy (non-hydrogen) atoms. The van der Waals surface area contributed by atoms with Crippen molar-refractivity contribution in [2.45, 2.75) is 35.8 Å². The lowest BCUT2D eigenvalue weighted by molar-refractivity contribution is -0.145. The van der Waals surface area contributed by atoms with Crippen LogP contribution in [0.5, 0.6) is 0 Å². The fraction of sp³-hybridized carbons (Fsp3) is 0.333. The van der Waals surface area contributed by atoms with Gasteiger partial charge in [0, 0.05) is 17.1 Å². The minimum Gasteiger partial charge on any atom is -0.466 e. The van der Waals surface area contributed by atoms with Gasteiger partial charge in [-0.05, 0) is 43.0 Å². The Bertz CT molecular complexity index is 826. The molecule has 0 fully saturated rings. The van der Waals surface area contributed by atoms with Crippen molar-refractivity contribution in [2.75, 3.05) is 18.1 Å². The maximum absolute atomic E-state index is 13.2. The summed E-state index contributed by atoms with van der Waals surface area (Å²) in [6.45, 7) is 2.74. The molecule has 2 aromatic rings. The third-order valence-electron chi connectivity index (χ3n) is 5.00. The van der Waals surface area contributed by atoms with E-state index in [0.717, 1.165) is 17.7 Å². The van der Waals surface area contributed by atoms with E-state index in [1.54, 1.807) is 11.8 Å². The number of esters is 1. The molecule has 0 N–H and O–H groups in total. The Labute approximate surface area is 157 Å². The highest BCUT2D eigenvalue weighted by molar-refractivity contribution is 8.01. The van der Waals surface area contributed by atoms with E-state index in [4.69, 9.17) is 4.74 Å². The van der Waals surface area contributed by atoms with Crippen LogP contribution in [-0.2, 0) is 20.7 Å². The van der Waals surface area contributed by atoms with Gasteiger partial charge in [-0.3, -0.25) is 9.59 Å². The van der Waals surface area contributed by atoms with Gasteiger partial charge >= 0.3 is 5.97 Å². The van der Waals surface area contributed by atoms with Crippen molar-refractivity contribution in [3.05, 3.63) is 59.7 Å². The lowest BCUT2D eigenvalue weighted by atomic mass is 9.89. The highest BCUT2D eigenvalue weighted by Gasteiger charge is 2.37. The zero-order chi connectivity index (χ0) is 18.1. The van der Waals surface area contributed by atoms with E-state index in [0.29, 0.717) is 19.6 Å². The molecule has 0 saturated carbocycles. The summed E-state index contributed by atoms with van der Waals surface area (Å²) in [6, 6.07) is 15.9. The third kappa shape index (κ3) is 3.01. The molecule has 0 spiro atoms. The summed E-state index contributed by atoms with van der Waals surface area (Å²) in [5.41, 5.74) is 2.98. The summed E-state index contributed by atoms with van der Waals surface area (Å²) in [5.74, 6) is -0.362. The molecule has 0 unspecified atom stereocenters. The average molecular weight is 367 g/mol. The molecule has 2 atom stereocenters. The van der Waals surface area contributed by atoms with Gasteiger partial charge in [0.1, 0.15) is 0 Å². The standard InChI is InChI=1S/C21H21NO3S/c1-2-25-21(24)16-11-12-22(17-9-5-4-8-15(16)17)20(23)19-13-14-7-3-6-10-18(14)26-19/h3-10,16,19H,2,11-13H2,1H3/t16-,19+/m1/s1. The Balaban J connectivity index is 1.59. The number of nitrogens with zero attached hydrogens (tertiary/aromatic N) is 1. The first-order valence-corrected chi connectivity index (χ1v) is 9.88. The van der Waals surface area contributed by atoms with Gasteiger partial charge < -0.3 is 9.64 Å². The Morgan fingerprint density at radius 2 is 1.92 bits per heavy atom. The lowest BCUT2D eigenvalue weighted by Gasteiger charge is -2.34. The second-order valence-electron chi connectivity index (χ2n) is 6.56. The first-order valence-electron chi connectivity index (χ1n) is 9.00. The highest BCUT2D eigenvalue weighted by Crippen LogP contribution is 2.41. The van der Waals surface area contributed by atoms with Gasteiger partial charge in [-0.1, -0.05) is 36.4 Å². The van der Waals surface area contributed by atoms with Gasteiger partial charge in [0.05, 0.1) is 17.8 Å². The first kappa shape index (κ1) is 17.2. The number of para-hydroxylation sites is 1. The van der Waals surface area contributed by atoms with Crippen molar-refractivity contribution < 1.29 is 14.3 Å². The normalized spacial score (nSPS) is 21.0. The van der Waals surface area contributed by atoms with Crippen LogP contribution in [0.1, 0.15) is 30.4 Å². The van der Waals surface area contributed by atoms with E-state index in [9.17, 15) is 9.59 Å². The summed E-state index contributed by atoms with van der Waals surface area (Å²) in [7, 11) is 0. The number of thioether (sulfide) groups is 1. The molecule has 2 aliphatic heterocycles. The number of fused-ring (bicyclic) bond motifs is 2. The molecule has 2 heterocycles. The minimum absolute atomic E-state index is 0.0976.